The van der Waals surface area contributed by atoms with Crippen molar-refractivity contribution in [1.82, 2.24) is 9.78 Å². The number of hydrogen-bond donors (Lipinski definition) is 1. The van der Waals surface area contributed by atoms with Crippen LogP contribution in [0.4, 0.5) is 0 Å². The number of nitrogens with zero attached hydrogens (tertiary/aromatic N) is 2. The van der Waals surface area contributed by atoms with Crippen molar-refractivity contribution in [2.75, 3.05) is 6.54 Å². The van der Waals surface area contributed by atoms with Crippen molar-refractivity contribution in [3.8, 4) is 0 Å². The first-order valence-electron chi connectivity index (χ1n) is 4.71. The van der Waals surface area contributed by atoms with E-state index >= 15 is 0 Å². The highest BCUT2D eigenvalue weighted by Crippen LogP contribution is 2.23. The highest BCUT2D eigenvalue weighted by Gasteiger charge is 2.05. The number of hydrogen-bond acceptors (Lipinski definition) is 2. The number of aryl methyl sites for hydroxylation is 1. The number of aromatic nitrogens is 2. The van der Waals surface area contributed by atoms with E-state index in [9.17, 15) is 0 Å². The fourth-order valence-corrected chi connectivity index (χ4v) is 1.81. The first-order chi connectivity index (χ1) is 7.22. The van der Waals surface area contributed by atoms with E-state index in [0.29, 0.717) is 11.7 Å². The van der Waals surface area contributed by atoms with E-state index in [1.807, 2.05) is 37.4 Å². The SMILES string of the molecule is Cn1nc(Cl)c2cc(/C=C/CN)ccc21. The predicted molar refractivity (Wildman–Crippen MR) is 63.8 cm³/mol. The Bertz CT molecular complexity index is 514. The van der Waals surface area contributed by atoms with Crippen LogP contribution >= 0.6 is 11.6 Å². The molecule has 0 atom stereocenters. The van der Waals surface area contributed by atoms with E-state index in [4.69, 9.17) is 17.3 Å². The molecular formula is C11H12ClN3. The molecule has 0 amide bonds. The molecule has 1 aromatic heterocycles. The van der Waals surface area contributed by atoms with E-state index in [0.717, 1.165) is 16.5 Å². The summed E-state index contributed by atoms with van der Waals surface area (Å²) in [5, 5.41) is 5.65. The highest BCUT2D eigenvalue weighted by atomic mass is 35.5. The number of nitrogens with two attached hydrogens (primary N) is 1. The molecule has 15 heavy (non-hydrogen) atoms. The predicted octanol–water partition coefficient (Wildman–Crippen LogP) is 2.20. The quantitative estimate of drug-likeness (QED) is 0.845. The molecule has 0 saturated heterocycles. The van der Waals surface area contributed by atoms with E-state index < -0.39 is 0 Å². The zero-order valence-corrected chi connectivity index (χ0v) is 9.20. The molecule has 0 unspecified atom stereocenters. The second-order valence-corrected chi connectivity index (χ2v) is 3.69. The summed E-state index contributed by atoms with van der Waals surface area (Å²) in [4.78, 5) is 0. The van der Waals surface area contributed by atoms with E-state index in [-0.39, 0.29) is 0 Å². The van der Waals surface area contributed by atoms with Crippen molar-refractivity contribution in [2.24, 2.45) is 12.8 Å². The molecule has 1 heterocycles. The van der Waals surface area contributed by atoms with Gasteiger partial charge in [0.05, 0.1) is 5.52 Å². The van der Waals surface area contributed by atoms with Crippen LogP contribution in [-0.4, -0.2) is 16.3 Å². The summed E-state index contributed by atoms with van der Waals surface area (Å²) in [6.07, 6.45) is 3.88. The number of rotatable bonds is 2. The topological polar surface area (TPSA) is 43.8 Å². The smallest absolute Gasteiger partial charge is 0.158 e. The molecule has 0 aliphatic rings. The van der Waals surface area contributed by atoms with Gasteiger partial charge in [-0.3, -0.25) is 4.68 Å². The zero-order valence-electron chi connectivity index (χ0n) is 8.44. The Hall–Kier alpha value is -1.32. The van der Waals surface area contributed by atoms with Gasteiger partial charge < -0.3 is 5.73 Å². The highest BCUT2D eigenvalue weighted by molar-refractivity contribution is 6.34. The van der Waals surface area contributed by atoms with Crippen LogP contribution in [-0.2, 0) is 7.05 Å². The Balaban J connectivity index is 2.55. The van der Waals surface area contributed by atoms with Crippen LogP contribution in [0.1, 0.15) is 5.56 Å². The molecule has 0 aliphatic heterocycles. The monoisotopic (exact) mass is 221 g/mol. The molecule has 3 nitrogen and oxygen atoms in total. The van der Waals surface area contributed by atoms with Crippen molar-refractivity contribution in [2.45, 2.75) is 0 Å². The van der Waals surface area contributed by atoms with Crippen molar-refractivity contribution in [3.63, 3.8) is 0 Å². The van der Waals surface area contributed by atoms with Gasteiger partial charge in [-0.1, -0.05) is 29.8 Å². The third kappa shape index (κ3) is 1.89. The Morgan fingerprint density at radius 1 is 1.53 bits per heavy atom. The average molecular weight is 222 g/mol. The van der Waals surface area contributed by atoms with Crippen molar-refractivity contribution >= 4 is 28.6 Å². The van der Waals surface area contributed by atoms with E-state index in [2.05, 4.69) is 5.10 Å². The molecule has 0 radical (unpaired) electrons. The Morgan fingerprint density at radius 3 is 3.07 bits per heavy atom. The molecule has 0 bridgehead atoms. The Kier molecular flexibility index (Phi) is 2.75. The second kappa shape index (κ2) is 4.04. The average Bonchev–Trinajstić information content (AvgIpc) is 2.52. The lowest BCUT2D eigenvalue weighted by molar-refractivity contribution is 0.797. The van der Waals surface area contributed by atoms with E-state index in [1.165, 1.54) is 0 Å². The van der Waals surface area contributed by atoms with E-state index in [1.54, 1.807) is 4.68 Å². The van der Waals surface area contributed by atoms with Gasteiger partial charge in [0.1, 0.15) is 0 Å². The maximum atomic E-state index is 6.00. The molecule has 2 N–H and O–H groups in total. The van der Waals surface area contributed by atoms with Crippen LogP contribution in [0.2, 0.25) is 5.15 Å². The Morgan fingerprint density at radius 2 is 2.33 bits per heavy atom. The summed E-state index contributed by atoms with van der Waals surface area (Å²) in [5.41, 5.74) is 7.51. The first kappa shape index (κ1) is 10.2. The fraction of sp³-hybridized carbons (Fsp3) is 0.182. The van der Waals surface area contributed by atoms with Gasteiger partial charge in [0.15, 0.2) is 5.15 Å². The second-order valence-electron chi connectivity index (χ2n) is 3.33. The third-order valence-corrected chi connectivity index (χ3v) is 2.55. The molecular weight excluding hydrogens is 210 g/mol. The van der Waals surface area contributed by atoms with Gasteiger partial charge in [0.25, 0.3) is 0 Å². The molecule has 0 fully saturated rings. The van der Waals surface area contributed by atoms with Crippen molar-refractivity contribution in [3.05, 3.63) is 35.0 Å². The van der Waals surface area contributed by atoms with Crippen LogP contribution in [0.5, 0.6) is 0 Å². The first-order valence-corrected chi connectivity index (χ1v) is 5.09. The van der Waals surface area contributed by atoms with Crippen molar-refractivity contribution < 1.29 is 0 Å². The minimum atomic E-state index is 0.537. The van der Waals surface area contributed by atoms with Crippen LogP contribution < -0.4 is 5.73 Å². The van der Waals surface area contributed by atoms with Gasteiger partial charge in [-0.15, -0.1) is 0 Å². The molecule has 2 rings (SSSR count). The lowest BCUT2D eigenvalue weighted by atomic mass is 10.1. The zero-order chi connectivity index (χ0) is 10.8. The summed E-state index contributed by atoms with van der Waals surface area (Å²) >= 11 is 6.00. The van der Waals surface area contributed by atoms with Crippen LogP contribution in [0.25, 0.3) is 17.0 Å². The van der Waals surface area contributed by atoms with Crippen molar-refractivity contribution in [1.29, 1.82) is 0 Å². The van der Waals surface area contributed by atoms with Gasteiger partial charge in [0.2, 0.25) is 0 Å². The summed E-state index contributed by atoms with van der Waals surface area (Å²) in [6, 6.07) is 6.04. The lowest BCUT2D eigenvalue weighted by Crippen LogP contribution is -1.92. The summed E-state index contributed by atoms with van der Waals surface area (Å²) in [7, 11) is 1.88. The molecule has 4 heteroatoms. The maximum Gasteiger partial charge on any atom is 0.158 e. The van der Waals surface area contributed by atoms with Crippen LogP contribution in [0, 0.1) is 0 Å². The van der Waals surface area contributed by atoms with Gasteiger partial charge in [-0.2, -0.15) is 5.10 Å². The molecule has 0 saturated carbocycles. The van der Waals surface area contributed by atoms with Crippen LogP contribution in [0.15, 0.2) is 24.3 Å². The van der Waals surface area contributed by atoms with Gasteiger partial charge in [0, 0.05) is 19.0 Å². The number of fused-ring (bicyclic) bond motifs is 1. The lowest BCUT2D eigenvalue weighted by Gasteiger charge is -1.95. The summed E-state index contributed by atoms with van der Waals surface area (Å²) in [5.74, 6) is 0. The van der Waals surface area contributed by atoms with Gasteiger partial charge in [-0.25, -0.2) is 0 Å². The van der Waals surface area contributed by atoms with Gasteiger partial charge >= 0.3 is 0 Å². The maximum absolute atomic E-state index is 6.00. The Labute approximate surface area is 93.1 Å². The standard InChI is InChI=1S/C11H12ClN3/c1-15-10-5-4-8(3-2-6-13)7-9(10)11(12)14-15/h2-5,7H,6,13H2,1H3/b3-2+. The summed E-state index contributed by atoms with van der Waals surface area (Å²) < 4.78 is 1.77. The normalized spacial score (nSPS) is 11.7. The number of benzene rings is 1. The fourth-order valence-electron chi connectivity index (χ4n) is 1.55. The molecule has 78 valence electrons. The van der Waals surface area contributed by atoms with Crippen LogP contribution in [0.3, 0.4) is 0 Å². The minimum absolute atomic E-state index is 0.537. The largest absolute Gasteiger partial charge is 0.327 e. The summed E-state index contributed by atoms with van der Waals surface area (Å²) in [6.45, 7) is 0.540. The number of halogens is 1. The molecule has 2 aromatic rings. The van der Waals surface area contributed by atoms with Gasteiger partial charge in [-0.05, 0) is 17.7 Å². The molecule has 1 aromatic carbocycles. The molecule has 0 spiro atoms. The third-order valence-electron chi connectivity index (χ3n) is 2.28. The minimum Gasteiger partial charge on any atom is -0.327 e. The molecule has 0 aliphatic carbocycles.